The van der Waals surface area contributed by atoms with E-state index in [1.165, 1.54) is 0 Å². The van der Waals surface area contributed by atoms with Gasteiger partial charge < -0.3 is 9.64 Å². The molecule has 0 aliphatic carbocycles. The second-order valence-electron chi connectivity index (χ2n) is 3.51. The van der Waals surface area contributed by atoms with Crippen LogP contribution in [0.1, 0.15) is 5.56 Å². The summed E-state index contributed by atoms with van der Waals surface area (Å²) in [5, 5.41) is 0. The van der Waals surface area contributed by atoms with Crippen molar-refractivity contribution in [3.63, 3.8) is 0 Å². The maximum absolute atomic E-state index is 11.7. The first-order chi connectivity index (χ1) is 7.69. The third-order valence-corrected chi connectivity index (χ3v) is 2.48. The topological polar surface area (TPSA) is 29.5 Å². The summed E-state index contributed by atoms with van der Waals surface area (Å²) in [7, 11) is 1.61. The number of alkyl halides is 1. The van der Waals surface area contributed by atoms with E-state index < -0.39 is 0 Å². The molecule has 0 aliphatic rings. The van der Waals surface area contributed by atoms with Crippen LogP contribution in [0.3, 0.4) is 0 Å². The molecule has 0 saturated carbocycles. The second-order valence-corrected chi connectivity index (χ2v) is 3.78. The zero-order valence-corrected chi connectivity index (χ0v) is 10.3. The molecule has 0 aliphatic heterocycles. The third-order valence-electron chi connectivity index (χ3n) is 2.25. The Bertz CT molecular complexity index is 355. The highest BCUT2D eigenvalue weighted by Crippen LogP contribution is 2.16. The molecule has 1 rings (SSSR count). The molecular formula is C12H16ClNO2. The molecule has 88 valence electrons. The maximum atomic E-state index is 11.7. The van der Waals surface area contributed by atoms with Crippen molar-refractivity contribution in [1.29, 1.82) is 0 Å². The molecule has 16 heavy (non-hydrogen) atoms. The van der Waals surface area contributed by atoms with Crippen molar-refractivity contribution >= 4 is 23.2 Å². The van der Waals surface area contributed by atoms with Gasteiger partial charge in [-0.2, -0.15) is 0 Å². The summed E-state index contributed by atoms with van der Waals surface area (Å²) >= 11 is 5.58. The molecule has 0 aromatic heterocycles. The van der Waals surface area contributed by atoms with Crippen LogP contribution in [0.25, 0.3) is 0 Å². The number of carbonyl (C=O) groups excluding carboxylic acids is 1. The summed E-state index contributed by atoms with van der Waals surface area (Å²) < 4.78 is 4.98. The first kappa shape index (κ1) is 13.0. The maximum Gasteiger partial charge on any atom is 0.241 e. The molecule has 0 heterocycles. The number of aryl methyl sites for hydroxylation is 1. The molecule has 0 spiro atoms. The lowest BCUT2D eigenvalue weighted by atomic mass is 10.2. The van der Waals surface area contributed by atoms with Gasteiger partial charge in [-0.25, -0.2) is 0 Å². The number of amides is 1. The van der Waals surface area contributed by atoms with Gasteiger partial charge in [0.1, 0.15) is 5.88 Å². The lowest BCUT2D eigenvalue weighted by molar-refractivity contribution is -0.116. The Morgan fingerprint density at radius 1 is 1.50 bits per heavy atom. The lowest BCUT2D eigenvalue weighted by Crippen LogP contribution is -2.34. The Morgan fingerprint density at radius 2 is 2.25 bits per heavy atom. The Morgan fingerprint density at radius 3 is 2.81 bits per heavy atom. The van der Waals surface area contributed by atoms with E-state index in [1.807, 2.05) is 31.2 Å². The smallest absolute Gasteiger partial charge is 0.241 e. The van der Waals surface area contributed by atoms with Crippen LogP contribution in [0.4, 0.5) is 5.69 Å². The first-order valence-electron chi connectivity index (χ1n) is 5.11. The van der Waals surface area contributed by atoms with Gasteiger partial charge in [-0.1, -0.05) is 12.1 Å². The van der Waals surface area contributed by atoms with E-state index in [4.69, 9.17) is 16.3 Å². The normalized spacial score (nSPS) is 10.2. The Labute approximate surface area is 101 Å². The van der Waals surface area contributed by atoms with E-state index in [1.54, 1.807) is 12.0 Å². The highest BCUT2D eigenvalue weighted by Gasteiger charge is 2.13. The molecule has 0 radical (unpaired) electrons. The molecule has 1 amide bonds. The average molecular weight is 242 g/mol. The third kappa shape index (κ3) is 3.51. The van der Waals surface area contributed by atoms with E-state index in [0.717, 1.165) is 11.3 Å². The van der Waals surface area contributed by atoms with Crippen LogP contribution in [-0.2, 0) is 9.53 Å². The molecule has 0 N–H and O–H groups in total. The van der Waals surface area contributed by atoms with Crippen molar-refractivity contribution in [3.05, 3.63) is 29.8 Å². The predicted octanol–water partition coefficient (Wildman–Crippen LogP) is 2.21. The van der Waals surface area contributed by atoms with Crippen LogP contribution in [0.2, 0.25) is 0 Å². The monoisotopic (exact) mass is 241 g/mol. The average Bonchev–Trinajstić information content (AvgIpc) is 2.29. The fraction of sp³-hybridized carbons (Fsp3) is 0.417. The summed E-state index contributed by atoms with van der Waals surface area (Å²) in [4.78, 5) is 13.3. The van der Waals surface area contributed by atoms with Crippen LogP contribution in [0, 0.1) is 6.92 Å². The summed E-state index contributed by atoms with van der Waals surface area (Å²) in [6.07, 6.45) is 0. The van der Waals surface area contributed by atoms with Gasteiger partial charge in [-0.15, -0.1) is 11.6 Å². The molecule has 0 fully saturated rings. The van der Waals surface area contributed by atoms with Crippen LogP contribution in [-0.4, -0.2) is 32.0 Å². The van der Waals surface area contributed by atoms with Crippen molar-refractivity contribution in [1.82, 2.24) is 0 Å². The predicted molar refractivity (Wildman–Crippen MR) is 66.1 cm³/mol. The van der Waals surface area contributed by atoms with Gasteiger partial charge >= 0.3 is 0 Å². The number of anilines is 1. The number of halogens is 1. The zero-order chi connectivity index (χ0) is 12.0. The van der Waals surface area contributed by atoms with Crippen molar-refractivity contribution < 1.29 is 9.53 Å². The molecule has 3 nitrogen and oxygen atoms in total. The van der Waals surface area contributed by atoms with Gasteiger partial charge in [-0.05, 0) is 24.6 Å². The van der Waals surface area contributed by atoms with Crippen LogP contribution < -0.4 is 4.90 Å². The number of hydrogen-bond donors (Lipinski definition) is 0. The quantitative estimate of drug-likeness (QED) is 0.740. The van der Waals surface area contributed by atoms with Gasteiger partial charge in [-0.3, -0.25) is 4.79 Å². The number of nitrogens with zero attached hydrogens (tertiary/aromatic N) is 1. The van der Waals surface area contributed by atoms with E-state index in [-0.39, 0.29) is 11.8 Å². The minimum Gasteiger partial charge on any atom is -0.383 e. The van der Waals surface area contributed by atoms with Crippen LogP contribution in [0.15, 0.2) is 24.3 Å². The van der Waals surface area contributed by atoms with Crippen LogP contribution >= 0.6 is 11.6 Å². The SMILES string of the molecule is COCCN(C(=O)CCl)c1cccc(C)c1. The van der Waals surface area contributed by atoms with Gasteiger partial charge in [0, 0.05) is 19.3 Å². The summed E-state index contributed by atoms with van der Waals surface area (Å²) in [5.41, 5.74) is 1.98. The van der Waals surface area contributed by atoms with Crippen LogP contribution in [0.5, 0.6) is 0 Å². The van der Waals surface area contributed by atoms with E-state index >= 15 is 0 Å². The van der Waals surface area contributed by atoms with Gasteiger partial charge in [0.15, 0.2) is 0 Å². The lowest BCUT2D eigenvalue weighted by Gasteiger charge is -2.21. The number of ether oxygens (including phenoxy) is 1. The summed E-state index contributed by atoms with van der Waals surface area (Å²) in [5.74, 6) is -0.123. The van der Waals surface area contributed by atoms with Gasteiger partial charge in [0.2, 0.25) is 5.91 Å². The number of benzene rings is 1. The number of rotatable bonds is 5. The number of methoxy groups -OCH3 is 1. The first-order valence-corrected chi connectivity index (χ1v) is 5.64. The number of carbonyl (C=O) groups is 1. The molecule has 1 aromatic rings. The van der Waals surface area contributed by atoms with Gasteiger partial charge in [0.05, 0.1) is 6.61 Å². The minimum absolute atomic E-state index is 0.0162. The van der Waals surface area contributed by atoms with Crippen molar-refractivity contribution in [3.8, 4) is 0 Å². The fourth-order valence-electron chi connectivity index (χ4n) is 1.45. The Hall–Kier alpha value is -1.06. The summed E-state index contributed by atoms with van der Waals surface area (Å²) in [6.45, 7) is 3.01. The Balaban J connectivity index is 2.87. The van der Waals surface area contributed by atoms with Gasteiger partial charge in [0.25, 0.3) is 0 Å². The fourth-order valence-corrected chi connectivity index (χ4v) is 1.59. The zero-order valence-electron chi connectivity index (χ0n) is 9.57. The minimum atomic E-state index is -0.107. The highest BCUT2D eigenvalue weighted by molar-refractivity contribution is 6.29. The second kappa shape index (κ2) is 6.51. The molecule has 1 aromatic carbocycles. The molecule has 4 heteroatoms. The molecule has 0 bridgehead atoms. The van der Waals surface area contributed by atoms with E-state index in [0.29, 0.717) is 13.2 Å². The van der Waals surface area contributed by atoms with Crippen molar-refractivity contribution in [2.24, 2.45) is 0 Å². The summed E-state index contributed by atoms with van der Waals surface area (Å²) in [6, 6.07) is 7.77. The Kier molecular flexibility index (Phi) is 5.29. The highest BCUT2D eigenvalue weighted by atomic mass is 35.5. The van der Waals surface area contributed by atoms with Crippen molar-refractivity contribution in [2.45, 2.75) is 6.92 Å². The largest absolute Gasteiger partial charge is 0.383 e. The van der Waals surface area contributed by atoms with Crippen molar-refractivity contribution in [2.75, 3.05) is 31.0 Å². The van der Waals surface area contributed by atoms with E-state index in [2.05, 4.69) is 0 Å². The molecule has 0 atom stereocenters. The molecule has 0 saturated heterocycles. The number of hydrogen-bond acceptors (Lipinski definition) is 2. The molecular weight excluding hydrogens is 226 g/mol. The molecule has 0 unspecified atom stereocenters. The van der Waals surface area contributed by atoms with E-state index in [9.17, 15) is 4.79 Å². The standard InChI is InChI=1S/C12H16ClNO2/c1-10-4-3-5-11(8-10)14(6-7-16-2)12(15)9-13/h3-5,8H,6-7,9H2,1-2H3.